The Bertz CT molecular complexity index is 607. The molecule has 0 spiro atoms. The number of aryl methyl sites for hydroxylation is 1. The van der Waals surface area contributed by atoms with E-state index in [-0.39, 0.29) is 5.97 Å². The molecule has 0 radical (unpaired) electrons. The summed E-state index contributed by atoms with van der Waals surface area (Å²) in [7, 11) is 4.19. The summed E-state index contributed by atoms with van der Waals surface area (Å²) in [6.45, 7) is 1.84. The maximum absolute atomic E-state index is 11.8. The fourth-order valence-corrected chi connectivity index (χ4v) is 1.97. The van der Waals surface area contributed by atoms with Crippen LogP contribution in [0.5, 0.6) is 5.75 Å². The predicted molar refractivity (Wildman–Crippen MR) is 81.8 cm³/mol. The third-order valence-corrected chi connectivity index (χ3v) is 3.03. The standard InChI is InChI=1S/C17H20O5/c1-12-10-13(8-6-5-7-9-15(18)20-2)11-14(16(12)21-3)17(19)22-4/h10-11H,5,7,9H2,1-4H3. The second-order valence-corrected chi connectivity index (χ2v) is 4.60. The van der Waals surface area contributed by atoms with E-state index >= 15 is 0 Å². The van der Waals surface area contributed by atoms with E-state index in [9.17, 15) is 9.59 Å². The molecule has 0 unspecified atom stereocenters. The van der Waals surface area contributed by atoms with Crippen LogP contribution in [-0.2, 0) is 14.3 Å². The van der Waals surface area contributed by atoms with Gasteiger partial charge in [-0.3, -0.25) is 4.79 Å². The second-order valence-electron chi connectivity index (χ2n) is 4.60. The summed E-state index contributed by atoms with van der Waals surface area (Å²) in [5.74, 6) is 5.75. The van der Waals surface area contributed by atoms with Gasteiger partial charge in [-0.15, -0.1) is 0 Å². The average Bonchev–Trinajstić information content (AvgIpc) is 2.52. The molecule has 0 N–H and O–H groups in total. The third kappa shape index (κ3) is 4.81. The first-order valence-electron chi connectivity index (χ1n) is 6.86. The van der Waals surface area contributed by atoms with Gasteiger partial charge in [0.1, 0.15) is 11.3 Å². The van der Waals surface area contributed by atoms with Gasteiger partial charge in [0.15, 0.2) is 0 Å². The molecule has 5 heteroatoms. The minimum atomic E-state index is -0.464. The van der Waals surface area contributed by atoms with E-state index in [0.717, 1.165) is 5.56 Å². The van der Waals surface area contributed by atoms with Gasteiger partial charge < -0.3 is 14.2 Å². The Balaban J connectivity index is 2.86. The van der Waals surface area contributed by atoms with Crippen molar-refractivity contribution in [3.05, 3.63) is 28.8 Å². The van der Waals surface area contributed by atoms with Crippen LogP contribution < -0.4 is 4.74 Å². The second kappa shape index (κ2) is 8.73. The summed E-state index contributed by atoms with van der Waals surface area (Å²) in [5, 5.41) is 0. The Labute approximate surface area is 130 Å². The van der Waals surface area contributed by atoms with Crippen molar-refractivity contribution in [3.8, 4) is 17.6 Å². The fourth-order valence-electron chi connectivity index (χ4n) is 1.97. The molecule has 1 rings (SSSR count). The third-order valence-electron chi connectivity index (χ3n) is 3.03. The normalized spacial score (nSPS) is 9.45. The summed E-state index contributed by atoms with van der Waals surface area (Å²) in [4.78, 5) is 22.8. The SMILES string of the molecule is COC(=O)CCCC#Cc1cc(C)c(OC)c(C(=O)OC)c1. The lowest BCUT2D eigenvalue weighted by Crippen LogP contribution is -2.06. The minimum Gasteiger partial charge on any atom is -0.496 e. The lowest BCUT2D eigenvalue weighted by molar-refractivity contribution is -0.140. The number of methoxy groups -OCH3 is 3. The summed E-state index contributed by atoms with van der Waals surface area (Å²) in [6.07, 6.45) is 1.56. The van der Waals surface area contributed by atoms with E-state index in [4.69, 9.17) is 9.47 Å². The Morgan fingerprint density at radius 2 is 1.86 bits per heavy atom. The Kier molecular flexibility index (Phi) is 6.97. The number of hydrogen-bond donors (Lipinski definition) is 0. The van der Waals surface area contributed by atoms with Gasteiger partial charge in [0.25, 0.3) is 0 Å². The summed E-state index contributed by atoms with van der Waals surface area (Å²) < 4.78 is 14.5. The maximum atomic E-state index is 11.8. The molecule has 0 aromatic heterocycles. The first-order chi connectivity index (χ1) is 10.5. The van der Waals surface area contributed by atoms with Gasteiger partial charge in [0, 0.05) is 18.4 Å². The van der Waals surface area contributed by atoms with Gasteiger partial charge in [0.2, 0.25) is 0 Å². The van der Waals surface area contributed by atoms with E-state index in [1.165, 1.54) is 21.3 Å². The van der Waals surface area contributed by atoms with Crippen LogP contribution in [0.15, 0.2) is 12.1 Å². The van der Waals surface area contributed by atoms with Crippen LogP contribution in [0.3, 0.4) is 0 Å². The van der Waals surface area contributed by atoms with Crippen LogP contribution in [-0.4, -0.2) is 33.3 Å². The van der Waals surface area contributed by atoms with Crippen LogP contribution >= 0.6 is 0 Å². The van der Waals surface area contributed by atoms with Crippen LogP contribution in [0, 0.1) is 18.8 Å². The molecule has 118 valence electrons. The molecule has 0 aliphatic carbocycles. The van der Waals surface area contributed by atoms with Gasteiger partial charge in [0.05, 0.1) is 21.3 Å². The van der Waals surface area contributed by atoms with Crippen LogP contribution in [0.4, 0.5) is 0 Å². The fraction of sp³-hybridized carbons (Fsp3) is 0.412. The molecular weight excluding hydrogens is 284 g/mol. The highest BCUT2D eigenvalue weighted by molar-refractivity contribution is 5.93. The molecule has 22 heavy (non-hydrogen) atoms. The lowest BCUT2D eigenvalue weighted by atomic mass is 10.0. The van der Waals surface area contributed by atoms with Crippen molar-refractivity contribution < 1.29 is 23.8 Å². The summed E-state index contributed by atoms with van der Waals surface area (Å²) in [6, 6.07) is 3.49. The van der Waals surface area contributed by atoms with Gasteiger partial charge in [-0.05, 0) is 31.0 Å². The number of carbonyl (C=O) groups is 2. The van der Waals surface area contributed by atoms with Crippen molar-refractivity contribution >= 4 is 11.9 Å². The van der Waals surface area contributed by atoms with E-state index < -0.39 is 5.97 Å². The van der Waals surface area contributed by atoms with Gasteiger partial charge >= 0.3 is 11.9 Å². The van der Waals surface area contributed by atoms with Gasteiger partial charge in [-0.1, -0.05) is 11.8 Å². The lowest BCUT2D eigenvalue weighted by Gasteiger charge is -2.10. The monoisotopic (exact) mass is 304 g/mol. The molecule has 5 nitrogen and oxygen atoms in total. The first-order valence-corrected chi connectivity index (χ1v) is 6.86. The molecule has 0 saturated carbocycles. The number of benzene rings is 1. The molecule has 0 heterocycles. The van der Waals surface area contributed by atoms with Crippen molar-refractivity contribution in [1.29, 1.82) is 0 Å². The van der Waals surface area contributed by atoms with Crippen LogP contribution in [0.25, 0.3) is 0 Å². The van der Waals surface area contributed by atoms with Crippen molar-refractivity contribution in [3.63, 3.8) is 0 Å². The Morgan fingerprint density at radius 1 is 1.14 bits per heavy atom. The van der Waals surface area contributed by atoms with Crippen molar-refractivity contribution in [2.45, 2.75) is 26.2 Å². The highest BCUT2D eigenvalue weighted by Gasteiger charge is 2.15. The van der Waals surface area contributed by atoms with E-state index in [0.29, 0.717) is 36.1 Å². The van der Waals surface area contributed by atoms with Crippen LogP contribution in [0.1, 0.15) is 40.7 Å². The highest BCUT2D eigenvalue weighted by atomic mass is 16.5. The molecule has 0 aliphatic heterocycles. The van der Waals surface area contributed by atoms with Crippen molar-refractivity contribution in [2.75, 3.05) is 21.3 Å². The number of esters is 2. The molecule has 0 fully saturated rings. The molecule has 0 aliphatic rings. The number of rotatable bonds is 5. The smallest absolute Gasteiger partial charge is 0.341 e. The largest absolute Gasteiger partial charge is 0.496 e. The number of hydrogen-bond acceptors (Lipinski definition) is 5. The van der Waals surface area contributed by atoms with E-state index in [1.807, 2.05) is 13.0 Å². The first kappa shape index (κ1) is 17.6. The molecule has 0 saturated heterocycles. The zero-order valence-electron chi connectivity index (χ0n) is 13.3. The predicted octanol–water partition coefficient (Wildman–Crippen LogP) is 2.49. The van der Waals surface area contributed by atoms with Gasteiger partial charge in [-0.2, -0.15) is 0 Å². The van der Waals surface area contributed by atoms with Gasteiger partial charge in [-0.25, -0.2) is 4.79 Å². The Hall–Kier alpha value is -2.48. The summed E-state index contributed by atoms with van der Waals surface area (Å²) in [5.41, 5.74) is 1.87. The quantitative estimate of drug-likeness (QED) is 0.475. The minimum absolute atomic E-state index is 0.241. The number of carbonyl (C=O) groups excluding carboxylic acids is 2. The zero-order chi connectivity index (χ0) is 16.5. The number of unbranched alkanes of at least 4 members (excludes halogenated alkanes) is 1. The average molecular weight is 304 g/mol. The molecule has 1 aromatic rings. The van der Waals surface area contributed by atoms with Crippen LogP contribution in [0.2, 0.25) is 0 Å². The maximum Gasteiger partial charge on any atom is 0.341 e. The molecule has 0 amide bonds. The van der Waals surface area contributed by atoms with Crippen molar-refractivity contribution in [1.82, 2.24) is 0 Å². The van der Waals surface area contributed by atoms with E-state index in [1.54, 1.807) is 6.07 Å². The highest BCUT2D eigenvalue weighted by Crippen LogP contribution is 2.25. The zero-order valence-corrected chi connectivity index (χ0v) is 13.3. The van der Waals surface area contributed by atoms with E-state index in [2.05, 4.69) is 16.6 Å². The summed E-state index contributed by atoms with van der Waals surface area (Å²) >= 11 is 0. The number of ether oxygens (including phenoxy) is 3. The molecule has 1 aromatic carbocycles. The Morgan fingerprint density at radius 3 is 2.45 bits per heavy atom. The molecular formula is C17H20O5. The van der Waals surface area contributed by atoms with Crippen molar-refractivity contribution in [2.24, 2.45) is 0 Å². The molecule has 0 atom stereocenters. The topological polar surface area (TPSA) is 61.8 Å². The molecule has 0 bridgehead atoms.